The predicted molar refractivity (Wildman–Crippen MR) is 73.4 cm³/mol. The van der Waals surface area contributed by atoms with Gasteiger partial charge in [0.15, 0.2) is 0 Å². The molecular weight excluding hydrogens is 210 g/mol. The molecule has 17 heavy (non-hydrogen) atoms. The minimum absolute atomic E-state index is 0.258. The molecule has 1 saturated heterocycles. The average molecular weight is 239 g/mol. The summed E-state index contributed by atoms with van der Waals surface area (Å²) in [4.78, 5) is 5.31. The summed E-state index contributed by atoms with van der Waals surface area (Å²) < 4.78 is 0. The molecule has 1 N–H and O–H groups in total. The van der Waals surface area contributed by atoms with Crippen molar-refractivity contribution in [3.05, 3.63) is 0 Å². The van der Waals surface area contributed by atoms with E-state index in [9.17, 15) is 0 Å². The van der Waals surface area contributed by atoms with Gasteiger partial charge in [-0.3, -0.25) is 9.80 Å². The lowest BCUT2D eigenvalue weighted by Crippen LogP contribution is -2.53. The van der Waals surface area contributed by atoms with Gasteiger partial charge in [0.1, 0.15) is 0 Å². The molecule has 0 spiro atoms. The molecule has 0 atom stereocenters. The van der Waals surface area contributed by atoms with Crippen LogP contribution in [0.5, 0.6) is 0 Å². The third kappa shape index (κ3) is 4.23. The molecule has 1 heterocycles. The van der Waals surface area contributed by atoms with Gasteiger partial charge in [-0.05, 0) is 33.6 Å². The molecule has 0 aromatic carbocycles. The van der Waals surface area contributed by atoms with Crippen molar-refractivity contribution in [2.24, 2.45) is 0 Å². The van der Waals surface area contributed by atoms with Crippen LogP contribution in [0.25, 0.3) is 0 Å². The zero-order chi connectivity index (χ0) is 12.3. The Morgan fingerprint density at radius 3 is 2.18 bits per heavy atom. The Kier molecular flexibility index (Phi) is 4.45. The van der Waals surface area contributed by atoms with E-state index in [2.05, 4.69) is 35.9 Å². The maximum atomic E-state index is 3.57. The van der Waals surface area contributed by atoms with Gasteiger partial charge >= 0.3 is 0 Å². The minimum Gasteiger partial charge on any atom is -0.311 e. The Hall–Kier alpha value is -0.120. The molecule has 2 aliphatic rings. The highest BCUT2D eigenvalue weighted by atomic mass is 15.3. The summed E-state index contributed by atoms with van der Waals surface area (Å²) in [6, 6.07) is 0.935. The molecule has 2 fully saturated rings. The number of piperazine rings is 1. The number of nitrogens with one attached hydrogen (secondary N) is 1. The first-order chi connectivity index (χ1) is 8.04. The molecular formula is C14H29N3. The van der Waals surface area contributed by atoms with Crippen LogP contribution in [0.15, 0.2) is 0 Å². The lowest BCUT2D eigenvalue weighted by atomic mass is 9.91. The predicted octanol–water partition coefficient (Wildman–Crippen LogP) is 1.54. The first-order valence-electron chi connectivity index (χ1n) is 7.26. The molecule has 1 aliphatic heterocycles. The van der Waals surface area contributed by atoms with Gasteiger partial charge in [-0.1, -0.05) is 6.42 Å². The average Bonchev–Trinajstić information content (AvgIpc) is 2.16. The molecule has 0 unspecified atom stereocenters. The first-order valence-corrected chi connectivity index (χ1v) is 7.26. The van der Waals surface area contributed by atoms with Crippen molar-refractivity contribution in [3.63, 3.8) is 0 Å². The van der Waals surface area contributed by atoms with Crippen LogP contribution in [-0.4, -0.2) is 60.6 Å². The van der Waals surface area contributed by atoms with Crippen molar-refractivity contribution in [3.8, 4) is 0 Å². The molecule has 3 nitrogen and oxygen atoms in total. The molecule has 0 radical (unpaired) electrons. The van der Waals surface area contributed by atoms with Crippen LogP contribution < -0.4 is 5.32 Å². The third-order valence-electron chi connectivity index (χ3n) is 4.08. The van der Waals surface area contributed by atoms with Gasteiger partial charge in [-0.25, -0.2) is 0 Å². The van der Waals surface area contributed by atoms with Crippen molar-refractivity contribution in [2.75, 3.05) is 39.3 Å². The van der Waals surface area contributed by atoms with Crippen LogP contribution in [0.2, 0.25) is 0 Å². The van der Waals surface area contributed by atoms with E-state index in [-0.39, 0.29) is 5.54 Å². The van der Waals surface area contributed by atoms with Gasteiger partial charge in [-0.15, -0.1) is 0 Å². The number of hydrogen-bond acceptors (Lipinski definition) is 3. The summed E-state index contributed by atoms with van der Waals surface area (Å²) in [6.45, 7) is 14.2. The maximum Gasteiger partial charge on any atom is 0.0113 e. The van der Waals surface area contributed by atoms with Gasteiger partial charge in [0.05, 0.1) is 0 Å². The fourth-order valence-corrected chi connectivity index (χ4v) is 2.69. The largest absolute Gasteiger partial charge is 0.311 e. The lowest BCUT2D eigenvalue weighted by molar-refractivity contribution is 0.0616. The molecule has 0 bridgehead atoms. The summed E-state index contributed by atoms with van der Waals surface area (Å²) in [7, 11) is 0. The molecule has 0 amide bonds. The van der Waals surface area contributed by atoms with E-state index in [0.29, 0.717) is 0 Å². The van der Waals surface area contributed by atoms with Crippen molar-refractivity contribution in [1.29, 1.82) is 0 Å². The Morgan fingerprint density at radius 2 is 1.71 bits per heavy atom. The molecule has 2 rings (SSSR count). The molecule has 0 aromatic rings. The van der Waals surface area contributed by atoms with Crippen LogP contribution in [0.4, 0.5) is 0 Å². The Morgan fingerprint density at radius 1 is 1.06 bits per heavy atom. The van der Waals surface area contributed by atoms with E-state index in [4.69, 9.17) is 0 Å². The smallest absolute Gasteiger partial charge is 0.0113 e. The van der Waals surface area contributed by atoms with E-state index in [1.165, 1.54) is 52.0 Å². The fraction of sp³-hybridized carbons (Fsp3) is 1.00. The van der Waals surface area contributed by atoms with E-state index in [1.54, 1.807) is 0 Å². The van der Waals surface area contributed by atoms with Gasteiger partial charge in [0, 0.05) is 50.8 Å². The number of nitrogens with zero attached hydrogens (tertiary/aromatic N) is 2. The minimum atomic E-state index is 0.258. The first kappa shape index (κ1) is 13.3. The summed E-state index contributed by atoms with van der Waals surface area (Å²) in [5.41, 5.74) is 0.258. The van der Waals surface area contributed by atoms with Gasteiger partial charge in [0.25, 0.3) is 0 Å². The van der Waals surface area contributed by atoms with Crippen molar-refractivity contribution in [2.45, 2.75) is 51.6 Å². The zero-order valence-electron chi connectivity index (χ0n) is 11.8. The number of hydrogen-bond donors (Lipinski definition) is 1. The van der Waals surface area contributed by atoms with Gasteiger partial charge in [0.2, 0.25) is 0 Å². The summed E-state index contributed by atoms with van der Waals surface area (Å²) >= 11 is 0. The third-order valence-corrected chi connectivity index (χ3v) is 4.08. The molecule has 100 valence electrons. The van der Waals surface area contributed by atoms with Crippen LogP contribution in [0.3, 0.4) is 0 Å². The standard InChI is InChI=1S/C14H29N3/c1-14(2,3)15-7-8-16-9-11-17(12-10-16)13-5-4-6-13/h13,15H,4-12H2,1-3H3. The highest BCUT2D eigenvalue weighted by molar-refractivity contribution is 4.84. The van der Waals surface area contributed by atoms with E-state index in [0.717, 1.165) is 12.6 Å². The second kappa shape index (κ2) is 5.68. The maximum absolute atomic E-state index is 3.57. The fourth-order valence-electron chi connectivity index (χ4n) is 2.69. The topological polar surface area (TPSA) is 18.5 Å². The summed E-state index contributed by atoms with van der Waals surface area (Å²) in [6.07, 6.45) is 4.36. The van der Waals surface area contributed by atoms with Crippen LogP contribution in [0.1, 0.15) is 40.0 Å². The number of rotatable bonds is 4. The van der Waals surface area contributed by atoms with E-state index >= 15 is 0 Å². The Bertz CT molecular complexity index is 222. The highest BCUT2D eigenvalue weighted by Gasteiger charge is 2.27. The van der Waals surface area contributed by atoms with Gasteiger partial charge in [-0.2, -0.15) is 0 Å². The van der Waals surface area contributed by atoms with Crippen LogP contribution in [0, 0.1) is 0 Å². The lowest BCUT2D eigenvalue weighted by Gasteiger charge is -2.43. The zero-order valence-corrected chi connectivity index (χ0v) is 11.8. The Balaban J connectivity index is 1.58. The summed E-state index contributed by atoms with van der Waals surface area (Å²) in [5.74, 6) is 0. The van der Waals surface area contributed by atoms with Crippen LogP contribution >= 0.6 is 0 Å². The molecule has 0 aromatic heterocycles. The highest BCUT2D eigenvalue weighted by Crippen LogP contribution is 2.25. The summed E-state index contributed by atoms with van der Waals surface area (Å²) in [5, 5.41) is 3.57. The normalized spacial score (nSPS) is 24.9. The van der Waals surface area contributed by atoms with Gasteiger partial charge < -0.3 is 5.32 Å². The second-order valence-corrected chi connectivity index (χ2v) is 6.64. The second-order valence-electron chi connectivity index (χ2n) is 6.64. The van der Waals surface area contributed by atoms with E-state index in [1.807, 2.05) is 0 Å². The van der Waals surface area contributed by atoms with Crippen molar-refractivity contribution >= 4 is 0 Å². The SMILES string of the molecule is CC(C)(C)NCCN1CCN(C2CCC2)CC1. The van der Waals surface area contributed by atoms with Crippen molar-refractivity contribution < 1.29 is 0 Å². The van der Waals surface area contributed by atoms with Crippen LogP contribution in [-0.2, 0) is 0 Å². The molecule has 3 heteroatoms. The Labute approximate surface area is 107 Å². The molecule has 1 saturated carbocycles. The molecule has 1 aliphatic carbocycles. The quantitative estimate of drug-likeness (QED) is 0.803. The monoisotopic (exact) mass is 239 g/mol. The van der Waals surface area contributed by atoms with E-state index < -0.39 is 0 Å². The van der Waals surface area contributed by atoms with Crippen molar-refractivity contribution in [1.82, 2.24) is 15.1 Å².